The quantitative estimate of drug-likeness (QED) is 0.796. The fourth-order valence-electron chi connectivity index (χ4n) is 3.83. The molecular formula is C21H30N2O4. The van der Waals surface area contributed by atoms with E-state index in [1.54, 1.807) is 14.2 Å². The fraction of sp³-hybridized carbons (Fsp3) is 0.619. The van der Waals surface area contributed by atoms with Crippen molar-refractivity contribution in [3.05, 3.63) is 23.8 Å². The zero-order chi connectivity index (χ0) is 19.6. The van der Waals surface area contributed by atoms with Crippen LogP contribution in [-0.2, 0) is 9.59 Å². The average molecular weight is 374 g/mol. The molecule has 1 aromatic rings. The molecular weight excluding hydrogens is 344 g/mol. The van der Waals surface area contributed by atoms with E-state index in [4.69, 9.17) is 9.47 Å². The number of ether oxygens (including phenoxy) is 2. The lowest BCUT2D eigenvalue weighted by Crippen LogP contribution is -2.37. The summed E-state index contributed by atoms with van der Waals surface area (Å²) in [5.74, 6) is 1.52. The van der Waals surface area contributed by atoms with Crippen molar-refractivity contribution in [3.63, 3.8) is 0 Å². The van der Waals surface area contributed by atoms with Crippen molar-refractivity contribution in [2.45, 2.75) is 32.6 Å². The first-order chi connectivity index (χ1) is 13.0. The van der Waals surface area contributed by atoms with E-state index in [0.29, 0.717) is 30.5 Å². The number of carbonyl (C=O) groups excluding carboxylic acids is 2. The highest BCUT2D eigenvalue weighted by molar-refractivity contribution is 5.84. The van der Waals surface area contributed by atoms with Gasteiger partial charge in [0.15, 0.2) is 11.5 Å². The molecule has 27 heavy (non-hydrogen) atoms. The minimum absolute atomic E-state index is 0.0239. The fourth-order valence-corrected chi connectivity index (χ4v) is 3.83. The first kappa shape index (κ1) is 19.5. The van der Waals surface area contributed by atoms with Crippen molar-refractivity contribution < 1.29 is 19.1 Å². The van der Waals surface area contributed by atoms with Crippen molar-refractivity contribution in [1.82, 2.24) is 10.2 Å². The van der Waals surface area contributed by atoms with Gasteiger partial charge in [0.1, 0.15) is 0 Å². The number of likely N-dealkylation sites (tertiary alicyclic amines) is 1. The third kappa shape index (κ3) is 4.20. The maximum atomic E-state index is 12.9. The molecule has 3 rings (SSSR count). The number of rotatable bonds is 7. The van der Waals surface area contributed by atoms with E-state index in [-0.39, 0.29) is 29.6 Å². The molecule has 6 heteroatoms. The number of hydrogen-bond acceptors (Lipinski definition) is 4. The molecule has 0 bridgehead atoms. The second-order valence-corrected chi connectivity index (χ2v) is 7.88. The number of nitrogens with one attached hydrogen (secondary N) is 1. The van der Waals surface area contributed by atoms with Gasteiger partial charge in [0.2, 0.25) is 11.8 Å². The Morgan fingerprint density at radius 3 is 2.52 bits per heavy atom. The molecule has 2 fully saturated rings. The molecule has 2 atom stereocenters. The van der Waals surface area contributed by atoms with E-state index in [2.05, 4.69) is 5.32 Å². The highest BCUT2D eigenvalue weighted by Gasteiger charge is 2.42. The summed E-state index contributed by atoms with van der Waals surface area (Å²) in [4.78, 5) is 27.3. The first-order valence-corrected chi connectivity index (χ1v) is 9.73. The van der Waals surface area contributed by atoms with Crippen LogP contribution in [0, 0.1) is 17.8 Å². The van der Waals surface area contributed by atoms with Gasteiger partial charge in [-0.25, -0.2) is 0 Å². The topological polar surface area (TPSA) is 67.9 Å². The zero-order valence-electron chi connectivity index (χ0n) is 16.7. The molecule has 0 spiro atoms. The number of benzene rings is 1. The molecule has 2 aliphatic rings. The molecule has 1 heterocycles. The van der Waals surface area contributed by atoms with Crippen molar-refractivity contribution >= 4 is 11.8 Å². The third-order valence-electron chi connectivity index (χ3n) is 5.56. The van der Waals surface area contributed by atoms with Crippen LogP contribution in [0.15, 0.2) is 18.2 Å². The van der Waals surface area contributed by atoms with Crippen LogP contribution in [0.3, 0.4) is 0 Å². The van der Waals surface area contributed by atoms with E-state index >= 15 is 0 Å². The minimum Gasteiger partial charge on any atom is -0.493 e. The summed E-state index contributed by atoms with van der Waals surface area (Å²) in [6.45, 7) is 5.48. The molecule has 1 saturated heterocycles. The van der Waals surface area contributed by atoms with Gasteiger partial charge in [-0.2, -0.15) is 0 Å². The van der Waals surface area contributed by atoms with Crippen molar-refractivity contribution in [2.24, 2.45) is 17.8 Å². The van der Waals surface area contributed by atoms with E-state index in [0.717, 1.165) is 12.1 Å². The zero-order valence-corrected chi connectivity index (χ0v) is 16.7. The van der Waals surface area contributed by atoms with E-state index < -0.39 is 0 Å². The van der Waals surface area contributed by atoms with Crippen molar-refractivity contribution in [2.75, 3.05) is 33.9 Å². The maximum Gasteiger partial charge on any atom is 0.225 e. The Morgan fingerprint density at radius 1 is 1.19 bits per heavy atom. The van der Waals surface area contributed by atoms with Gasteiger partial charge in [-0.15, -0.1) is 0 Å². The Morgan fingerprint density at radius 2 is 1.93 bits per heavy atom. The molecule has 1 N–H and O–H groups in total. The standard InChI is InChI=1S/C21H30N2O4/c1-13(2)21(25)23-11-16(15-6-5-7-18(26-3)19(15)27-4)17(12-23)20(24)22-10-14-8-9-14/h5-7,13-14,16-17H,8-12H2,1-4H3,(H,22,24). The van der Waals surface area contributed by atoms with E-state index in [1.807, 2.05) is 36.9 Å². The van der Waals surface area contributed by atoms with Crippen molar-refractivity contribution in [3.8, 4) is 11.5 Å². The normalized spacial score (nSPS) is 22.0. The Kier molecular flexibility index (Phi) is 5.92. The van der Waals surface area contributed by atoms with Gasteiger partial charge < -0.3 is 19.7 Å². The lowest BCUT2D eigenvalue weighted by Gasteiger charge is -2.21. The molecule has 6 nitrogen and oxygen atoms in total. The minimum atomic E-state index is -0.285. The average Bonchev–Trinajstić information content (AvgIpc) is 3.40. The Hall–Kier alpha value is -2.24. The predicted octanol–water partition coefficient (Wildman–Crippen LogP) is 2.43. The molecule has 1 aromatic carbocycles. The number of amides is 2. The monoisotopic (exact) mass is 374 g/mol. The first-order valence-electron chi connectivity index (χ1n) is 9.73. The summed E-state index contributed by atoms with van der Waals surface area (Å²) in [5, 5.41) is 3.09. The second-order valence-electron chi connectivity index (χ2n) is 7.88. The van der Waals surface area contributed by atoms with Crippen molar-refractivity contribution in [1.29, 1.82) is 0 Å². The van der Waals surface area contributed by atoms with Crippen LogP contribution in [0.25, 0.3) is 0 Å². The Bertz CT molecular complexity index is 699. The lowest BCUT2D eigenvalue weighted by atomic mass is 9.87. The third-order valence-corrected chi connectivity index (χ3v) is 5.56. The van der Waals surface area contributed by atoms with Crippen LogP contribution < -0.4 is 14.8 Å². The SMILES string of the molecule is COc1cccc(C2CN(C(=O)C(C)C)CC2C(=O)NCC2CC2)c1OC. The van der Waals surface area contributed by atoms with Crippen LogP contribution in [0.2, 0.25) is 0 Å². The molecule has 1 saturated carbocycles. The summed E-state index contributed by atoms with van der Waals surface area (Å²) in [6, 6.07) is 5.72. The molecule has 148 valence electrons. The number of methoxy groups -OCH3 is 2. The summed E-state index contributed by atoms with van der Waals surface area (Å²) >= 11 is 0. The number of nitrogens with zero attached hydrogens (tertiary/aromatic N) is 1. The summed E-state index contributed by atoms with van der Waals surface area (Å²) < 4.78 is 11.0. The number of carbonyl (C=O) groups is 2. The van der Waals surface area contributed by atoms with Gasteiger partial charge in [-0.05, 0) is 24.8 Å². The molecule has 0 radical (unpaired) electrons. The van der Waals surface area contributed by atoms with Gasteiger partial charge in [0.05, 0.1) is 20.1 Å². The smallest absolute Gasteiger partial charge is 0.225 e. The van der Waals surface area contributed by atoms with Gasteiger partial charge in [0, 0.05) is 37.0 Å². The van der Waals surface area contributed by atoms with Gasteiger partial charge in [0.25, 0.3) is 0 Å². The Balaban J connectivity index is 1.88. The van der Waals surface area contributed by atoms with Gasteiger partial charge in [-0.1, -0.05) is 26.0 Å². The van der Waals surface area contributed by atoms with E-state index in [9.17, 15) is 9.59 Å². The molecule has 2 unspecified atom stereocenters. The summed E-state index contributed by atoms with van der Waals surface area (Å²) in [5.41, 5.74) is 0.919. The highest BCUT2D eigenvalue weighted by Crippen LogP contribution is 2.42. The summed E-state index contributed by atoms with van der Waals surface area (Å²) in [7, 11) is 3.21. The van der Waals surface area contributed by atoms with Crippen LogP contribution in [0.5, 0.6) is 11.5 Å². The van der Waals surface area contributed by atoms with E-state index in [1.165, 1.54) is 12.8 Å². The molecule has 2 amide bonds. The molecule has 1 aliphatic heterocycles. The maximum absolute atomic E-state index is 12.9. The summed E-state index contributed by atoms with van der Waals surface area (Å²) in [6.07, 6.45) is 2.38. The number of para-hydroxylation sites is 1. The molecule has 1 aliphatic carbocycles. The molecule has 0 aromatic heterocycles. The van der Waals surface area contributed by atoms with Gasteiger partial charge >= 0.3 is 0 Å². The lowest BCUT2D eigenvalue weighted by molar-refractivity contribution is -0.133. The largest absolute Gasteiger partial charge is 0.493 e. The van der Waals surface area contributed by atoms with Crippen LogP contribution in [0.4, 0.5) is 0 Å². The van der Waals surface area contributed by atoms with Crippen LogP contribution >= 0.6 is 0 Å². The van der Waals surface area contributed by atoms with Crippen LogP contribution in [-0.4, -0.2) is 50.6 Å². The number of hydrogen-bond donors (Lipinski definition) is 1. The van der Waals surface area contributed by atoms with Gasteiger partial charge in [-0.3, -0.25) is 9.59 Å². The predicted molar refractivity (Wildman–Crippen MR) is 103 cm³/mol. The van der Waals surface area contributed by atoms with Crippen LogP contribution in [0.1, 0.15) is 38.2 Å². The Labute approximate surface area is 161 Å². The highest BCUT2D eigenvalue weighted by atomic mass is 16.5. The second kappa shape index (κ2) is 8.19.